The maximum atomic E-state index is 10.6. The van der Waals surface area contributed by atoms with E-state index in [2.05, 4.69) is 0 Å². The van der Waals surface area contributed by atoms with Gasteiger partial charge in [0, 0.05) is 20.8 Å². The molecule has 0 aromatic rings. The molecule has 1 heterocycles. The maximum Gasteiger partial charge on any atom is 0.210 e. The topological polar surface area (TPSA) is 38.8 Å². The Balaban J connectivity index is 2.44. The molecule has 1 fully saturated rings. The lowest BCUT2D eigenvalue weighted by Crippen LogP contribution is -2.31. The normalized spacial score (nSPS) is 29.3. The van der Waals surface area contributed by atoms with Gasteiger partial charge in [-0.25, -0.2) is 0 Å². The molecular weight excluding hydrogens is 158 g/mol. The summed E-state index contributed by atoms with van der Waals surface area (Å²) in [6, 6.07) is 0.192. The van der Waals surface area contributed by atoms with Gasteiger partial charge in [0.15, 0.2) is 0 Å². The minimum absolute atomic E-state index is 0.176. The highest BCUT2D eigenvalue weighted by molar-refractivity contribution is 5.48. The monoisotopic (exact) mass is 173 g/mol. The fourth-order valence-electron chi connectivity index (χ4n) is 1.55. The smallest absolute Gasteiger partial charge is 0.210 e. The van der Waals surface area contributed by atoms with E-state index in [9.17, 15) is 4.79 Å². The average Bonchev–Trinajstić information content (AvgIpc) is 2.48. The summed E-state index contributed by atoms with van der Waals surface area (Å²) in [5.74, 6) is 0. The predicted molar refractivity (Wildman–Crippen MR) is 43.8 cm³/mol. The van der Waals surface area contributed by atoms with Crippen LogP contribution in [0.1, 0.15) is 6.42 Å². The summed E-state index contributed by atoms with van der Waals surface area (Å²) in [6.45, 7) is 1.28. The van der Waals surface area contributed by atoms with Crippen LogP contribution < -0.4 is 0 Å². The summed E-state index contributed by atoms with van der Waals surface area (Å²) < 4.78 is 10.2. The third-order valence-corrected chi connectivity index (χ3v) is 2.25. The van der Waals surface area contributed by atoms with Crippen molar-refractivity contribution in [3.05, 3.63) is 0 Å². The molecular formula is C8H15NO3. The number of rotatable bonds is 4. The van der Waals surface area contributed by atoms with E-state index in [0.29, 0.717) is 13.2 Å². The van der Waals surface area contributed by atoms with Gasteiger partial charge >= 0.3 is 0 Å². The second-order valence-electron chi connectivity index (χ2n) is 3.00. The van der Waals surface area contributed by atoms with Crippen LogP contribution in [0.5, 0.6) is 0 Å². The van der Waals surface area contributed by atoms with Gasteiger partial charge in [0.1, 0.15) is 0 Å². The Labute approximate surface area is 72.4 Å². The molecule has 4 heteroatoms. The summed E-state index contributed by atoms with van der Waals surface area (Å²) >= 11 is 0. The molecule has 4 nitrogen and oxygen atoms in total. The molecule has 0 spiro atoms. The van der Waals surface area contributed by atoms with E-state index in [4.69, 9.17) is 9.47 Å². The Hall–Kier alpha value is -0.610. The van der Waals surface area contributed by atoms with Gasteiger partial charge in [-0.2, -0.15) is 0 Å². The van der Waals surface area contributed by atoms with Crippen molar-refractivity contribution < 1.29 is 14.3 Å². The van der Waals surface area contributed by atoms with E-state index in [0.717, 1.165) is 12.8 Å². The van der Waals surface area contributed by atoms with E-state index in [1.165, 1.54) is 0 Å². The molecule has 0 aromatic heterocycles. The molecule has 2 unspecified atom stereocenters. The SMILES string of the molecule is COCC1CC(OC)CN1C=O. The van der Waals surface area contributed by atoms with Crippen molar-refractivity contribution in [1.82, 2.24) is 4.90 Å². The summed E-state index contributed by atoms with van der Waals surface area (Å²) in [5.41, 5.74) is 0. The minimum atomic E-state index is 0.176. The lowest BCUT2D eigenvalue weighted by molar-refractivity contribution is -0.119. The number of likely N-dealkylation sites (tertiary alicyclic amines) is 1. The Morgan fingerprint density at radius 1 is 1.58 bits per heavy atom. The number of amides is 1. The van der Waals surface area contributed by atoms with Gasteiger partial charge < -0.3 is 14.4 Å². The van der Waals surface area contributed by atoms with Crippen molar-refractivity contribution >= 4 is 6.41 Å². The second kappa shape index (κ2) is 4.42. The lowest BCUT2D eigenvalue weighted by atomic mass is 10.2. The van der Waals surface area contributed by atoms with Crippen LogP contribution in [-0.4, -0.2) is 50.8 Å². The first-order valence-corrected chi connectivity index (χ1v) is 4.04. The zero-order valence-corrected chi connectivity index (χ0v) is 7.53. The van der Waals surface area contributed by atoms with Gasteiger partial charge in [0.05, 0.1) is 18.8 Å². The zero-order chi connectivity index (χ0) is 8.97. The van der Waals surface area contributed by atoms with Crippen LogP contribution in [0.3, 0.4) is 0 Å². The van der Waals surface area contributed by atoms with Gasteiger partial charge in [0.2, 0.25) is 6.41 Å². The molecule has 1 saturated heterocycles. The number of hydrogen-bond donors (Lipinski definition) is 0. The highest BCUT2D eigenvalue weighted by Crippen LogP contribution is 2.17. The number of hydrogen-bond acceptors (Lipinski definition) is 3. The summed E-state index contributed by atoms with van der Waals surface area (Å²) in [5, 5.41) is 0. The van der Waals surface area contributed by atoms with Crippen molar-refractivity contribution in [1.29, 1.82) is 0 Å². The van der Waals surface area contributed by atoms with Crippen molar-refractivity contribution in [3.63, 3.8) is 0 Å². The number of carbonyl (C=O) groups is 1. The number of nitrogens with zero attached hydrogens (tertiary/aromatic N) is 1. The van der Waals surface area contributed by atoms with Gasteiger partial charge in [-0.05, 0) is 6.42 Å². The van der Waals surface area contributed by atoms with Crippen LogP contribution in [0.15, 0.2) is 0 Å². The highest BCUT2D eigenvalue weighted by atomic mass is 16.5. The average molecular weight is 173 g/mol. The predicted octanol–water partition coefficient (Wildman–Crippen LogP) is -0.121. The first kappa shape index (κ1) is 9.48. The lowest BCUT2D eigenvalue weighted by Gasteiger charge is -2.17. The standard InChI is InChI=1S/C8H15NO3/c1-11-5-7-3-8(12-2)4-9(7)6-10/h6-8H,3-5H2,1-2H3. The Morgan fingerprint density at radius 3 is 2.83 bits per heavy atom. The second-order valence-corrected chi connectivity index (χ2v) is 3.00. The zero-order valence-electron chi connectivity index (χ0n) is 7.53. The van der Waals surface area contributed by atoms with E-state index < -0.39 is 0 Å². The van der Waals surface area contributed by atoms with Crippen LogP contribution in [0.2, 0.25) is 0 Å². The fourth-order valence-corrected chi connectivity index (χ4v) is 1.55. The molecule has 0 saturated carbocycles. The third-order valence-electron chi connectivity index (χ3n) is 2.25. The highest BCUT2D eigenvalue weighted by Gasteiger charge is 2.30. The van der Waals surface area contributed by atoms with Crippen molar-refractivity contribution in [3.8, 4) is 0 Å². The number of methoxy groups -OCH3 is 2. The molecule has 12 heavy (non-hydrogen) atoms. The molecule has 0 N–H and O–H groups in total. The van der Waals surface area contributed by atoms with Crippen LogP contribution in [0.4, 0.5) is 0 Å². The molecule has 1 aliphatic rings. The van der Waals surface area contributed by atoms with Crippen LogP contribution in [-0.2, 0) is 14.3 Å². The Kier molecular flexibility index (Phi) is 3.49. The van der Waals surface area contributed by atoms with Gasteiger partial charge in [-0.15, -0.1) is 0 Å². The van der Waals surface area contributed by atoms with E-state index in [1.807, 2.05) is 0 Å². The van der Waals surface area contributed by atoms with Crippen molar-refractivity contribution in [2.24, 2.45) is 0 Å². The van der Waals surface area contributed by atoms with Crippen molar-refractivity contribution in [2.45, 2.75) is 18.6 Å². The molecule has 0 aliphatic carbocycles. The Bertz CT molecular complexity index is 151. The summed E-state index contributed by atoms with van der Waals surface area (Å²) in [4.78, 5) is 12.3. The van der Waals surface area contributed by atoms with E-state index >= 15 is 0 Å². The van der Waals surface area contributed by atoms with Crippen LogP contribution >= 0.6 is 0 Å². The van der Waals surface area contributed by atoms with Gasteiger partial charge in [-0.1, -0.05) is 0 Å². The molecule has 0 radical (unpaired) electrons. The molecule has 1 rings (SSSR count). The maximum absolute atomic E-state index is 10.6. The number of ether oxygens (including phenoxy) is 2. The van der Waals surface area contributed by atoms with E-state index in [1.54, 1.807) is 19.1 Å². The quantitative estimate of drug-likeness (QED) is 0.556. The summed E-state index contributed by atoms with van der Waals surface area (Å²) in [6.07, 6.45) is 1.92. The molecule has 2 atom stereocenters. The van der Waals surface area contributed by atoms with Gasteiger partial charge in [0.25, 0.3) is 0 Å². The van der Waals surface area contributed by atoms with Gasteiger partial charge in [-0.3, -0.25) is 4.79 Å². The first-order valence-electron chi connectivity index (χ1n) is 4.04. The molecule has 70 valence electrons. The Morgan fingerprint density at radius 2 is 2.33 bits per heavy atom. The molecule has 1 amide bonds. The minimum Gasteiger partial charge on any atom is -0.383 e. The molecule has 1 aliphatic heterocycles. The van der Waals surface area contributed by atoms with E-state index in [-0.39, 0.29) is 12.1 Å². The van der Waals surface area contributed by atoms with Crippen LogP contribution in [0.25, 0.3) is 0 Å². The summed E-state index contributed by atoms with van der Waals surface area (Å²) in [7, 11) is 3.31. The fraction of sp³-hybridized carbons (Fsp3) is 0.875. The van der Waals surface area contributed by atoms with Crippen LogP contribution in [0, 0.1) is 0 Å². The molecule has 0 aromatic carbocycles. The first-order chi connectivity index (χ1) is 5.81. The third kappa shape index (κ3) is 1.95. The number of carbonyl (C=O) groups excluding carboxylic acids is 1. The largest absolute Gasteiger partial charge is 0.383 e. The molecule has 0 bridgehead atoms. The van der Waals surface area contributed by atoms with Crippen molar-refractivity contribution in [2.75, 3.05) is 27.4 Å².